The molecule has 0 amide bonds. The van der Waals surface area contributed by atoms with Gasteiger partial charge in [-0.25, -0.2) is 15.0 Å². The van der Waals surface area contributed by atoms with E-state index in [1.807, 2.05) is 25.3 Å². The van der Waals surface area contributed by atoms with Crippen LogP contribution in [0.15, 0.2) is 17.0 Å². The van der Waals surface area contributed by atoms with Crippen molar-refractivity contribution in [3.63, 3.8) is 0 Å². The normalized spacial score (nSPS) is 10.7. The van der Waals surface area contributed by atoms with Crippen LogP contribution in [0.4, 0.5) is 0 Å². The van der Waals surface area contributed by atoms with Crippen LogP contribution >= 0.6 is 15.9 Å². The Balaban J connectivity index is 2.63. The van der Waals surface area contributed by atoms with E-state index < -0.39 is 0 Å². The van der Waals surface area contributed by atoms with Gasteiger partial charge >= 0.3 is 0 Å². The predicted molar refractivity (Wildman–Crippen MR) is 61.1 cm³/mol. The molecular formula is C10H11BrN4. The molecule has 2 aromatic rings. The Hall–Kier alpha value is -1.23. The number of nitrogens with zero attached hydrogens (tertiary/aromatic N) is 4. The van der Waals surface area contributed by atoms with E-state index in [1.165, 1.54) is 0 Å². The summed E-state index contributed by atoms with van der Waals surface area (Å²) >= 11 is 3.44. The molecule has 5 heteroatoms. The molecule has 0 N–H and O–H groups in total. The fourth-order valence-corrected chi connectivity index (χ4v) is 1.71. The van der Waals surface area contributed by atoms with E-state index in [-0.39, 0.29) is 0 Å². The van der Waals surface area contributed by atoms with Crippen LogP contribution in [0.25, 0.3) is 5.82 Å². The minimum Gasteiger partial charge on any atom is -0.286 e. The van der Waals surface area contributed by atoms with Gasteiger partial charge in [0, 0.05) is 11.9 Å². The molecule has 2 heterocycles. The molecule has 0 fully saturated rings. The fourth-order valence-electron chi connectivity index (χ4n) is 1.32. The second kappa shape index (κ2) is 3.73. The maximum absolute atomic E-state index is 4.38. The van der Waals surface area contributed by atoms with Crippen LogP contribution in [0.2, 0.25) is 0 Å². The summed E-state index contributed by atoms with van der Waals surface area (Å²) in [6.07, 6.45) is 3.53. The van der Waals surface area contributed by atoms with Crippen LogP contribution in [0.5, 0.6) is 0 Å². The molecule has 0 aromatic carbocycles. The van der Waals surface area contributed by atoms with Crippen LogP contribution in [0.3, 0.4) is 0 Å². The maximum Gasteiger partial charge on any atom is 0.156 e. The van der Waals surface area contributed by atoms with E-state index in [1.54, 1.807) is 12.5 Å². The van der Waals surface area contributed by atoms with Crippen LogP contribution in [0, 0.1) is 20.8 Å². The summed E-state index contributed by atoms with van der Waals surface area (Å²) in [6.45, 7) is 5.87. The van der Waals surface area contributed by atoms with Crippen LogP contribution < -0.4 is 0 Å². The number of imidazole rings is 1. The lowest BCUT2D eigenvalue weighted by Crippen LogP contribution is -2.02. The van der Waals surface area contributed by atoms with E-state index in [0.29, 0.717) is 0 Å². The molecule has 0 spiro atoms. The average Bonchev–Trinajstić information content (AvgIpc) is 2.52. The fraction of sp³-hybridized carbons (Fsp3) is 0.300. The number of hydrogen-bond donors (Lipinski definition) is 0. The largest absolute Gasteiger partial charge is 0.286 e. The van der Waals surface area contributed by atoms with Gasteiger partial charge in [-0.05, 0) is 36.7 Å². The maximum atomic E-state index is 4.38. The zero-order valence-electron chi connectivity index (χ0n) is 8.82. The van der Waals surface area contributed by atoms with Gasteiger partial charge in [-0.15, -0.1) is 0 Å². The van der Waals surface area contributed by atoms with Gasteiger partial charge in [0.25, 0.3) is 0 Å². The van der Waals surface area contributed by atoms with Gasteiger partial charge in [-0.1, -0.05) is 0 Å². The Labute approximate surface area is 96.5 Å². The molecule has 0 saturated carbocycles. The van der Waals surface area contributed by atoms with E-state index in [0.717, 1.165) is 27.5 Å². The first-order valence-electron chi connectivity index (χ1n) is 4.59. The summed E-state index contributed by atoms with van der Waals surface area (Å²) in [6, 6.07) is 0. The van der Waals surface area contributed by atoms with E-state index >= 15 is 0 Å². The highest BCUT2D eigenvalue weighted by Crippen LogP contribution is 2.20. The lowest BCUT2D eigenvalue weighted by molar-refractivity contribution is 0.901. The summed E-state index contributed by atoms with van der Waals surface area (Å²) in [5, 5.41) is 0. The highest BCUT2D eigenvalue weighted by atomic mass is 79.9. The lowest BCUT2D eigenvalue weighted by Gasteiger charge is -2.06. The monoisotopic (exact) mass is 266 g/mol. The van der Waals surface area contributed by atoms with Crippen molar-refractivity contribution in [2.24, 2.45) is 0 Å². The summed E-state index contributed by atoms with van der Waals surface area (Å²) in [7, 11) is 0. The van der Waals surface area contributed by atoms with Gasteiger partial charge in [0.1, 0.15) is 12.2 Å². The standard InChI is InChI=1S/C10H11BrN4/c1-6-7(2)15(5-13-6)10-9(11)4-12-8(3)14-10/h4-5H,1-3H3. The molecule has 0 radical (unpaired) electrons. The van der Waals surface area contributed by atoms with Crippen LogP contribution in [0.1, 0.15) is 17.2 Å². The molecule has 0 bridgehead atoms. The van der Waals surface area contributed by atoms with Crippen molar-refractivity contribution in [1.82, 2.24) is 19.5 Å². The van der Waals surface area contributed by atoms with Gasteiger partial charge in [0.05, 0.1) is 10.2 Å². The quantitative estimate of drug-likeness (QED) is 0.796. The minimum atomic E-state index is 0.749. The van der Waals surface area contributed by atoms with Gasteiger partial charge in [-0.2, -0.15) is 0 Å². The summed E-state index contributed by atoms with van der Waals surface area (Å²) in [5.41, 5.74) is 2.10. The number of rotatable bonds is 1. The average molecular weight is 267 g/mol. The first-order valence-corrected chi connectivity index (χ1v) is 5.39. The van der Waals surface area contributed by atoms with Gasteiger partial charge < -0.3 is 0 Å². The first-order chi connectivity index (χ1) is 7.09. The van der Waals surface area contributed by atoms with E-state index in [4.69, 9.17) is 0 Å². The van der Waals surface area contributed by atoms with Gasteiger partial charge in [0.2, 0.25) is 0 Å². The minimum absolute atomic E-state index is 0.749. The van der Waals surface area contributed by atoms with E-state index in [9.17, 15) is 0 Å². The SMILES string of the molecule is Cc1ncc(Br)c(-n2cnc(C)c2C)n1. The molecule has 0 saturated heterocycles. The Morgan fingerprint density at radius 1 is 1.20 bits per heavy atom. The van der Waals surface area contributed by atoms with Crippen molar-refractivity contribution in [3.8, 4) is 5.82 Å². The smallest absolute Gasteiger partial charge is 0.156 e. The van der Waals surface area contributed by atoms with Crippen molar-refractivity contribution in [3.05, 3.63) is 34.2 Å². The zero-order chi connectivity index (χ0) is 11.0. The Kier molecular flexibility index (Phi) is 2.56. The topological polar surface area (TPSA) is 43.6 Å². The Bertz CT molecular complexity index is 504. The van der Waals surface area contributed by atoms with Crippen molar-refractivity contribution < 1.29 is 0 Å². The van der Waals surface area contributed by atoms with Gasteiger partial charge in [0.15, 0.2) is 5.82 Å². The second-order valence-electron chi connectivity index (χ2n) is 3.37. The molecule has 2 aromatic heterocycles. The van der Waals surface area contributed by atoms with Crippen molar-refractivity contribution in [2.75, 3.05) is 0 Å². The third-order valence-corrected chi connectivity index (χ3v) is 2.89. The highest BCUT2D eigenvalue weighted by Gasteiger charge is 2.09. The molecule has 0 aliphatic carbocycles. The number of aromatic nitrogens is 4. The molecule has 2 rings (SSSR count). The molecule has 0 atom stereocenters. The first kappa shape index (κ1) is 10.3. The van der Waals surface area contributed by atoms with E-state index in [2.05, 4.69) is 30.9 Å². The lowest BCUT2D eigenvalue weighted by atomic mass is 10.4. The molecule has 0 aliphatic rings. The zero-order valence-corrected chi connectivity index (χ0v) is 10.4. The van der Waals surface area contributed by atoms with Gasteiger partial charge in [-0.3, -0.25) is 4.57 Å². The third kappa shape index (κ3) is 1.79. The molecule has 0 unspecified atom stereocenters. The molecular weight excluding hydrogens is 256 g/mol. The number of aryl methyl sites for hydroxylation is 2. The van der Waals surface area contributed by atoms with Crippen LogP contribution in [-0.4, -0.2) is 19.5 Å². The summed E-state index contributed by atoms with van der Waals surface area (Å²) < 4.78 is 2.82. The van der Waals surface area contributed by atoms with Crippen molar-refractivity contribution in [1.29, 1.82) is 0 Å². The highest BCUT2D eigenvalue weighted by molar-refractivity contribution is 9.10. The molecule has 78 valence electrons. The van der Waals surface area contributed by atoms with Crippen LogP contribution in [-0.2, 0) is 0 Å². The number of halogens is 1. The molecule has 4 nitrogen and oxygen atoms in total. The summed E-state index contributed by atoms with van der Waals surface area (Å²) in [4.78, 5) is 12.7. The van der Waals surface area contributed by atoms with Crippen molar-refractivity contribution >= 4 is 15.9 Å². The Morgan fingerprint density at radius 2 is 1.93 bits per heavy atom. The molecule has 0 aliphatic heterocycles. The third-order valence-electron chi connectivity index (χ3n) is 2.33. The Morgan fingerprint density at radius 3 is 2.53 bits per heavy atom. The second-order valence-corrected chi connectivity index (χ2v) is 4.23. The summed E-state index contributed by atoms with van der Waals surface area (Å²) in [5.74, 6) is 1.58. The predicted octanol–water partition coefficient (Wildman–Crippen LogP) is 2.35. The molecule has 15 heavy (non-hydrogen) atoms. The van der Waals surface area contributed by atoms with Crippen molar-refractivity contribution in [2.45, 2.75) is 20.8 Å². The number of hydrogen-bond acceptors (Lipinski definition) is 3.